The van der Waals surface area contributed by atoms with Crippen LogP contribution in [0.1, 0.15) is 24.8 Å². The first kappa shape index (κ1) is 13.7. The second-order valence-electron chi connectivity index (χ2n) is 5.55. The van der Waals surface area contributed by atoms with Crippen molar-refractivity contribution in [1.29, 1.82) is 0 Å². The fourth-order valence-electron chi connectivity index (χ4n) is 2.55. The standard InChI is InChI=1S/C14H18N6O/c1-10-3-4-11(20-9-16-18-19-20)7-12(10)17-13(21)14(8-15)5-2-6-14/h3-4,7,9H,2,5-6,8,15H2,1H3,(H,17,21). The Bertz CT molecular complexity index is 642. The number of nitrogens with zero attached hydrogens (tertiary/aromatic N) is 4. The molecule has 0 spiro atoms. The van der Waals surface area contributed by atoms with E-state index in [0.717, 1.165) is 36.2 Å². The fourth-order valence-corrected chi connectivity index (χ4v) is 2.55. The summed E-state index contributed by atoms with van der Waals surface area (Å²) in [5.41, 5.74) is 7.95. The van der Waals surface area contributed by atoms with E-state index in [1.165, 1.54) is 6.33 Å². The third-order valence-electron chi connectivity index (χ3n) is 4.27. The monoisotopic (exact) mass is 286 g/mol. The Hall–Kier alpha value is -2.28. The zero-order valence-electron chi connectivity index (χ0n) is 11.9. The number of nitrogens with two attached hydrogens (primary N) is 1. The Morgan fingerprint density at radius 3 is 2.86 bits per heavy atom. The van der Waals surface area contributed by atoms with Gasteiger partial charge in [0.05, 0.1) is 11.1 Å². The topological polar surface area (TPSA) is 98.7 Å². The first-order valence-electron chi connectivity index (χ1n) is 7.00. The number of rotatable bonds is 4. The summed E-state index contributed by atoms with van der Waals surface area (Å²) in [6.07, 6.45) is 4.31. The van der Waals surface area contributed by atoms with Gasteiger partial charge in [-0.15, -0.1) is 5.10 Å². The number of hydrogen-bond donors (Lipinski definition) is 2. The zero-order chi connectivity index (χ0) is 14.9. The summed E-state index contributed by atoms with van der Waals surface area (Å²) in [6.45, 7) is 2.35. The third-order valence-corrected chi connectivity index (χ3v) is 4.27. The molecule has 0 aliphatic heterocycles. The SMILES string of the molecule is Cc1ccc(-n2cnnn2)cc1NC(=O)C1(CN)CCC1. The van der Waals surface area contributed by atoms with Crippen LogP contribution in [0.4, 0.5) is 5.69 Å². The van der Waals surface area contributed by atoms with Gasteiger partial charge in [-0.3, -0.25) is 4.79 Å². The lowest BCUT2D eigenvalue weighted by Crippen LogP contribution is -2.47. The van der Waals surface area contributed by atoms with E-state index in [2.05, 4.69) is 20.8 Å². The molecular weight excluding hydrogens is 268 g/mol. The van der Waals surface area contributed by atoms with Gasteiger partial charge in [-0.05, 0) is 47.9 Å². The minimum atomic E-state index is -0.392. The van der Waals surface area contributed by atoms with Crippen LogP contribution in [0.25, 0.3) is 5.69 Å². The van der Waals surface area contributed by atoms with Crippen LogP contribution in [0.15, 0.2) is 24.5 Å². The number of aryl methyl sites for hydroxylation is 1. The average Bonchev–Trinajstić information content (AvgIpc) is 2.94. The van der Waals surface area contributed by atoms with Gasteiger partial charge in [-0.2, -0.15) is 0 Å². The first-order valence-corrected chi connectivity index (χ1v) is 7.00. The molecule has 7 nitrogen and oxygen atoms in total. The molecule has 1 aliphatic rings. The van der Waals surface area contributed by atoms with E-state index in [1.807, 2.05) is 25.1 Å². The smallest absolute Gasteiger partial charge is 0.231 e. The van der Waals surface area contributed by atoms with E-state index >= 15 is 0 Å². The Kier molecular flexibility index (Phi) is 3.42. The van der Waals surface area contributed by atoms with Gasteiger partial charge < -0.3 is 11.1 Å². The number of tetrazole rings is 1. The summed E-state index contributed by atoms with van der Waals surface area (Å²) in [5.74, 6) is 0.00761. The van der Waals surface area contributed by atoms with Gasteiger partial charge in [0.15, 0.2) is 0 Å². The van der Waals surface area contributed by atoms with Gasteiger partial charge in [0.1, 0.15) is 6.33 Å². The van der Waals surface area contributed by atoms with E-state index in [4.69, 9.17) is 5.73 Å². The maximum absolute atomic E-state index is 12.5. The molecule has 21 heavy (non-hydrogen) atoms. The van der Waals surface area contributed by atoms with Crippen molar-refractivity contribution in [1.82, 2.24) is 20.2 Å². The van der Waals surface area contributed by atoms with Gasteiger partial charge in [0, 0.05) is 12.2 Å². The van der Waals surface area contributed by atoms with E-state index in [-0.39, 0.29) is 5.91 Å². The van der Waals surface area contributed by atoms with Gasteiger partial charge >= 0.3 is 0 Å². The summed E-state index contributed by atoms with van der Waals surface area (Å²) in [6, 6.07) is 5.71. The molecule has 0 saturated heterocycles. The van der Waals surface area contributed by atoms with Crippen molar-refractivity contribution >= 4 is 11.6 Å². The molecule has 0 unspecified atom stereocenters. The van der Waals surface area contributed by atoms with Crippen molar-refractivity contribution in [3.05, 3.63) is 30.1 Å². The molecule has 7 heteroatoms. The minimum absolute atomic E-state index is 0.00761. The van der Waals surface area contributed by atoms with Gasteiger partial charge in [-0.1, -0.05) is 12.5 Å². The molecule has 3 N–H and O–H groups in total. The van der Waals surface area contributed by atoms with Crippen molar-refractivity contribution in [3.8, 4) is 5.69 Å². The van der Waals surface area contributed by atoms with Crippen molar-refractivity contribution in [2.75, 3.05) is 11.9 Å². The lowest BCUT2D eigenvalue weighted by Gasteiger charge is -2.39. The highest BCUT2D eigenvalue weighted by Crippen LogP contribution is 2.41. The molecule has 1 amide bonds. The van der Waals surface area contributed by atoms with Crippen molar-refractivity contribution < 1.29 is 4.79 Å². The second-order valence-corrected chi connectivity index (χ2v) is 5.55. The lowest BCUT2D eigenvalue weighted by atomic mass is 9.68. The molecule has 1 aliphatic carbocycles. The molecule has 1 heterocycles. The number of nitrogens with one attached hydrogen (secondary N) is 1. The number of aromatic nitrogens is 4. The van der Waals surface area contributed by atoms with Crippen LogP contribution >= 0.6 is 0 Å². The second kappa shape index (κ2) is 5.25. The van der Waals surface area contributed by atoms with Gasteiger partial charge in [0.2, 0.25) is 5.91 Å². The molecule has 1 saturated carbocycles. The van der Waals surface area contributed by atoms with Gasteiger partial charge in [-0.25, -0.2) is 4.68 Å². The van der Waals surface area contributed by atoms with Crippen molar-refractivity contribution in [3.63, 3.8) is 0 Å². The summed E-state index contributed by atoms with van der Waals surface area (Å²) < 4.78 is 1.55. The number of benzene rings is 1. The van der Waals surface area contributed by atoms with Crippen LogP contribution in [-0.4, -0.2) is 32.7 Å². The molecule has 0 atom stereocenters. The number of amides is 1. The Morgan fingerprint density at radius 1 is 1.48 bits per heavy atom. The Labute approximate surface area is 122 Å². The molecule has 1 fully saturated rings. The van der Waals surface area contributed by atoms with Crippen LogP contribution < -0.4 is 11.1 Å². The lowest BCUT2D eigenvalue weighted by molar-refractivity contribution is -0.129. The highest BCUT2D eigenvalue weighted by Gasteiger charge is 2.42. The molecule has 110 valence electrons. The quantitative estimate of drug-likeness (QED) is 0.875. The van der Waals surface area contributed by atoms with E-state index < -0.39 is 5.41 Å². The van der Waals surface area contributed by atoms with Crippen LogP contribution in [0.2, 0.25) is 0 Å². The van der Waals surface area contributed by atoms with Crippen LogP contribution in [0.5, 0.6) is 0 Å². The van der Waals surface area contributed by atoms with E-state index in [9.17, 15) is 4.79 Å². The number of anilines is 1. The minimum Gasteiger partial charge on any atom is -0.329 e. The number of hydrogen-bond acceptors (Lipinski definition) is 5. The van der Waals surface area contributed by atoms with E-state index in [0.29, 0.717) is 6.54 Å². The predicted molar refractivity (Wildman–Crippen MR) is 77.9 cm³/mol. The summed E-state index contributed by atoms with van der Waals surface area (Å²) in [7, 11) is 0. The summed E-state index contributed by atoms with van der Waals surface area (Å²) in [5, 5.41) is 14.1. The van der Waals surface area contributed by atoms with E-state index in [1.54, 1.807) is 4.68 Å². The highest BCUT2D eigenvalue weighted by molar-refractivity contribution is 5.97. The maximum Gasteiger partial charge on any atom is 0.231 e. The van der Waals surface area contributed by atoms with Crippen molar-refractivity contribution in [2.24, 2.45) is 11.1 Å². The Balaban J connectivity index is 1.85. The number of carbonyl (C=O) groups excluding carboxylic acids is 1. The molecular formula is C14H18N6O. The van der Waals surface area contributed by atoms with Gasteiger partial charge in [0.25, 0.3) is 0 Å². The van der Waals surface area contributed by atoms with Crippen molar-refractivity contribution in [2.45, 2.75) is 26.2 Å². The molecule has 2 aromatic rings. The first-order chi connectivity index (χ1) is 10.1. The predicted octanol–water partition coefficient (Wildman–Crippen LogP) is 1.04. The normalized spacial score (nSPS) is 16.3. The molecule has 1 aromatic carbocycles. The highest BCUT2D eigenvalue weighted by atomic mass is 16.2. The fraction of sp³-hybridized carbons (Fsp3) is 0.429. The van der Waals surface area contributed by atoms with Crippen LogP contribution in [0.3, 0.4) is 0 Å². The largest absolute Gasteiger partial charge is 0.329 e. The third kappa shape index (κ3) is 2.40. The summed E-state index contributed by atoms with van der Waals surface area (Å²) in [4.78, 5) is 12.5. The van der Waals surface area contributed by atoms with Crippen LogP contribution in [-0.2, 0) is 4.79 Å². The molecule has 0 bridgehead atoms. The average molecular weight is 286 g/mol. The molecule has 1 aromatic heterocycles. The zero-order valence-corrected chi connectivity index (χ0v) is 11.9. The number of carbonyl (C=O) groups is 1. The Morgan fingerprint density at radius 2 is 2.29 bits per heavy atom. The maximum atomic E-state index is 12.5. The van der Waals surface area contributed by atoms with Crippen LogP contribution in [0, 0.1) is 12.3 Å². The summed E-state index contributed by atoms with van der Waals surface area (Å²) >= 11 is 0. The molecule has 0 radical (unpaired) electrons. The molecule has 3 rings (SSSR count).